The molecule has 0 aliphatic carbocycles. The summed E-state index contributed by atoms with van der Waals surface area (Å²) in [6.07, 6.45) is 0.868. The van der Waals surface area contributed by atoms with E-state index in [1.54, 1.807) is 28.0 Å². The highest BCUT2D eigenvalue weighted by atomic mass is 35.5. The Morgan fingerprint density at radius 1 is 1.35 bits per heavy atom. The first-order valence-corrected chi connectivity index (χ1v) is 10.5. The van der Waals surface area contributed by atoms with E-state index in [0.29, 0.717) is 15.9 Å². The molecule has 1 aliphatic heterocycles. The third kappa shape index (κ3) is 3.18. The number of rotatable bonds is 4. The van der Waals surface area contributed by atoms with Gasteiger partial charge in [-0.1, -0.05) is 23.4 Å². The van der Waals surface area contributed by atoms with Gasteiger partial charge in [-0.2, -0.15) is 0 Å². The summed E-state index contributed by atoms with van der Waals surface area (Å²) in [6, 6.07) is 7.19. The second-order valence-electron chi connectivity index (χ2n) is 6.26. The molecule has 5 nitrogen and oxygen atoms in total. The van der Waals surface area contributed by atoms with Crippen LogP contribution in [0.2, 0.25) is 5.02 Å². The lowest BCUT2D eigenvalue weighted by atomic mass is 10.1. The normalized spacial score (nSPS) is 14.7. The Kier molecular flexibility index (Phi) is 5.07. The molecule has 0 saturated carbocycles. The van der Waals surface area contributed by atoms with Crippen molar-refractivity contribution in [3.63, 3.8) is 0 Å². The predicted octanol–water partition coefficient (Wildman–Crippen LogP) is 3.17. The molecule has 0 radical (unpaired) electrons. The Morgan fingerprint density at radius 3 is 2.85 bits per heavy atom. The monoisotopic (exact) mass is 407 g/mol. The summed E-state index contributed by atoms with van der Waals surface area (Å²) in [5.41, 5.74) is 1.84. The molecular weight excluding hydrogens is 390 g/mol. The van der Waals surface area contributed by atoms with E-state index in [4.69, 9.17) is 16.6 Å². The van der Waals surface area contributed by atoms with Crippen LogP contribution in [0.15, 0.2) is 34.2 Å². The molecule has 0 bridgehead atoms. The Labute approximate surface area is 164 Å². The number of thiophene rings is 1. The van der Waals surface area contributed by atoms with Crippen molar-refractivity contribution in [3.8, 4) is 5.69 Å². The molecule has 3 heterocycles. The lowest BCUT2D eigenvalue weighted by Crippen LogP contribution is -2.27. The smallest absolute Gasteiger partial charge is 0.267 e. The van der Waals surface area contributed by atoms with Crippen molar-refractivity contribution in [2.24, 2.45) is 0 Å². The van der Waals surface area contributed by atoms with E-state index in [1.165, 1.54) is 16.6 Å². The molecule has 1 N–H and O–H groups in total. The van der Waals surface area contributed by atoms with Crippen LogP contribution < -0.4 is 5.56 Å². The fraction of sp³-hybridized carbons (Fsp3) is 0.333. The van der Waals surface area contributed by atoms with Crippen LogP contribution in [-0.4, -0.2) is 45.5 Å². The molecule has 1 aromatic carbocycles. The molecule has 0 fully saturated rings. The van der Waals surface area contributed by atoms with Crippen LogP contribution in [0.25, 0.3) is 15.9 Å². The van der Waals surface area contributed by atoms with Gasteiger partial charge >= 0.3 is 0 Å². The first-order valence-electron chi connectivity index (χ1n) is 8.34. The van der Waals surface area contributed by atoms with E-state index >= 15 is 0 Å². The topological polar surface area (TPSA) is 58.4 Å². The van der Waals surface area contributed by atoms with Crippen molar-refractivity contribution in [2.75, 3.05) is 26.0 Å². The lowest BCUT2D eigenvalue weighted by Gasteiger charge is -2.21. The zero-order chi connectivity index (χ0) is 18.3. The fourth-order valence-electron chi connectivity index (χ4n) is 3.20. The SMILES string of the molecule is CN1CCc2c(sc3nc(SCCO)n(-c4ccc(Cl)cc4)c(=O)c23)C1. The Balaban J connectivity index is 1.96. The van der Waals surface area contributed by atoms with Crippen LogP contribution in [0.3, 0.4) is 0 Å². The van der Waals surface area contributed by atoms with E-state index in [2.05, 4.69) is 11.9 Å². The van der Waals surface area contributed by atoms with Gasteiger partial charge in [0, 0.05) is 28.7 Å². The average Bonchev–Trinajstić information content (AvgIpc) is 2.98. The number of halogens is 1. The van der Waals surface area contributed by atoms with Crippen molar-refractivity contribution >= 4 is 44.9 Å². The molecular formula is C18H18ClN3O2S2. The third-order valence-corrected chi connectivity index (χ3v) is 6.72. The zero-order valence-corrected chi connectivity index (χ0v) is 16.6. The van der Waals surface area contributed by atoms with Gasteiger partial charge in [-0.05, 0) is 43.3 Å². The standard InChI is InChI=1S/C18H18ClN3O2S2/c1-21-7-6-13-14(10-21)26-16-15(13)17(24)22(18(20-16)25-9-8-23)12-4-2-11(19)3-5-12/h2-5,23H,6-10H2,1H3. The summed E-state index contributed by atoms with van der Waals surface area (Å²) in [4.78, 5) is 22.5. The quantitative estimate of drug-likeness (QED) is 0.531. The minimum absolute atomic E-state index is 0.0327. The highest BCUT2D eigenvalue weighted by Gasteiger charge is 2.24. The van der Waals surface area contributed by atoms with Gasteiger partial charge in [0.2, 0.25) is 0 Å². The van der Waals surface area contributed by atoms with Crippen molar-refractivity contribution < 1.29 is 5.11 Å². The molecule has 26 heavy (non-hydrogen) atoms. The van der Waals surface area contributed by atoms with E-state index in [1.807, 2.05) is 12.1 Å². The van der Waals surface area contributed by atoms with Crippen LogP contribution >= 0.6 is 34.7 Å². The molecule has 2 aromatic heterocycles. The number of aliphatic hydroxyl groups excluding tert-OH is 1. The maximum Gasteiger partial charge on any atom is 0.267 e. The number of fused-ring (bicyclic) bond motifs is 3. The van der Waals surface area contributed by atoms with Crippen molar-refractivity contribution in [1.82, 2.24) is 14.5 Å². The van der Waals surface area contributed by atoms with E-state index in [9.17, 15) is 9.90 Å². The van der Waals surface area contributed by atoms with Crippen LogP contribution in [-0.2, 0) is 13.0 Å². The molecule has 136 valence electrons. The molecule has 4 rings (SSSR count). The van der Waals surface area contributed by atoms with Gasteiger partial charge in [-0.3, -0.25) is 9.36 Å². The summed E-state index contributed by atoms with van der Waals surface area (Å²) in [6.45, 7) is 1.83. The van der Waals surface area contributed by atoms with Gasteiger partial charge in [0.15, 0.2) is 5.16 Å². The summed E-state index contributed by atoms with van der Waals surface area (Å²) in [7, 11) is 2.09. The van der Waals surface area contributed by atoms with Gasteiger partial charge in [0.1, 0.15) is 4.83 Å². The third-order valence-electron chi connectivity index (χ3n) is 4.44. The molecule has 0 amide bonds. The van der Waals surface area contributed by atoms with Gasteiger partial charge < -0.3 is 10.0 Å². The Bertz CT molecular complexity index is 1010. The lowest BCUT2D eigenvalue weighted by molar-refractivity contribution is 0.318. The second-order valence-corrected chi connectivity index (χ2v) is 8.84. The highest BCUT2D eigenvalue weighted by molar-refractivity contribution is 7.99. The Morgan fingerprint density at radius 2 is 2.12 bits per heavy atom. The second kappa shape index (κ2) is 7.32. The van der Waals surface area contributed by atoms with Crippen molar-refractivity contribution in [1.29, 1.82) is 0 Å². The number of aliphatic hydroxyl groups is 1. The molecule has 0 spiro atoms. The predicted molar refractivity (Wildman–Crippen MR) is 108 cm³/mol. The molecule has 0 saturated heterocycles. The highest BCUT2D eigenvalue weighted by Crippen LogP contribution is 2.34. The maximum absolute atomic E-state index is 13.4. The summed E-state index contributed by atoms with van der Waals surface area (Å²) in [5, 5.41) is 11.2. The number of benzene rings is 1. The van der Waals surface area contributed by atoms with Crippen molar-refractivity contribution in [3.05, 3.63) is 50.1 Å². The van der Waals surface area contributed by atoms with Crippen LogP contribution in [0, 0.1) is 0 Å². The van der Waals surface area contributed by atoms with Gasteiger partial charge in [-0.25, -0.2) is 4.98 Å². The number of aromatic nitrogens is 2. The maximum atomic E-state index is 13.4. The number of hydrogen-bond acceptors (Lipinski definition) is 6. The number of hydrogen-bond donors (Lipinski definition) is 1. The molecule has 1 aliphatic rings. The van der Waals surface area contributed by atoms with Crippen LogP contribution in [0.1, 0.15) is 10.4 Å². The summed E-state index contributed by atoms with van der Waals surface area (Å²) >= 11 is 9.00. The minimum atomic E-state index is -0.0418. The van der Waals surface area contributed by atoms with Gasteiger partial charge in [0.05, 0.1) is 17.7 Å². The fourth-order valence-corrected chi connectivity index (χ4v) is 5.42. The first-order chi connectivity index (χ1) is 12.6. The largest absolute Gasteiger partial charge is 0.396 e. The molecule has 3 aromatic rings. The molecule has 0 atom stereocenters. The van der Waals surface area contributed by atoms with E-state index < -0.39 is 0 Å². The summed E-state index contributed by atoms with van der Waals surface area (Å²) in [5.74, 6) is 0.485. The van der Waals surface area contributed by atoms with E-state index in [0.717, 1.165) is 41.0 Å². The zero-order valence-electron chi connectivity index (χ0n) is 14.2. The molecule has 8 heteroatoms. The van der Waals surface area contributed by atoms with E-state index in [-0.39, 0.29) is 12.2 Å². The van der Waals surface area contributed by atoms with Gasteiger partial charge in [-0.15, -0.1) is 11.3 Å². The molecule has 0 unspecified atom stereocenters. The average molecular weight is 408 g/mol. The first kappa shape index (κ1) is 18.0. The Hall–Kier alpha value is -1.38. The van der Waals surface area contributed by atoms with Crippen molar-refractivity contribution in [2.45, 2.75) is 18.1 Å². The number of nitrogens with zero attached hydrogens (tertiary/aromatic N) is 3. The van der Waals surface area contributed by atoms with Gasteiger partial charge in [0.25, 0.3) is 5.56 Å². The minimum Gasteiger partial charge on any atom is -0.396 e. The number of likely N-dealkylation sites (N-methyl/N-ethyl adjacent to an activating group) is 1. The van der Waals surface area contributed by atoms with Crippen LogP contribution in [0.4, 0.5) is 0 Å². The van der Waals surface area contributed by atoms with Crippen LogP contribution in [0.5, 0.6) is 0 Å². The number of thioether (sulfide) groups is 1. The summed E-state index contributed by atoms with van der Waals surface area (Å²) < 4.78 is 1.64.